The first-order valence-corrected chi connectivity index (χ1v) is 12.5. The van der Waals surface area contributed by atoms with Crippen molar-refractivity contribution in [1.29, 1.82) is 0 Å². The van der Waals surface area contributed by atoms with Crippen molar-refractivity contribution < 1.29 is 13.6 Å². The van der Waals surface area contributed by atoms with Crippen LogP contribution in [0.3, 0.4) is 0 Å². The van der Waals surface area contributed by atoms with Gasteiger partial charge in [-0.25, -0.2) is 8.51 Å². The summed E-state index contributed by atoms with van der Waals surface area (Å²) in [6, 6.07) is 7.15. The summed E-state index contributed by atoms with van der Waals surface area (Å²) in [6.07, 6.45) is 15.9. The van der Waals surface area contributed by atoms with Gasteiger partial charge in [0.1, 0.15) is 0 Å². The number of nitrogens with zero attached hydrogens (tertiary/aromatic N) is 1. The molecule has 1 aliphatic heterocycles. The average molecular weight is 423 g/mol. The fraction of sp³-hybridized carbons (Fsp3) is 0.696. The van der Waals surface area contributed by atoms with Gasteiger partial charge in [-0.2, -0.15) is 0 Å². The number of hydrogen-bond donors (Lipinski definition) is 2. The molecule has 29 heavy (non-hydrogen) atoms. The Balaban J connectivity index is 1.69. The van der Waals surface area contributed by atoms with Crippen molar-refractivity contribution in [2.75, 3.05) is 10.8 Å². The van der Waals surface area contributed by atoms with Crippen LogP contribution in [0.1, 0.15) is 89.5 Å². The van der Waals surface area contributed by atoms with Gasteiger partial charge in [-0.15, -0.1) is 0 Å². The van der Waals surface area contributed by atoms with Gasteiger partial charge < -0.3 is 5.32 Å². The standard InChI is InChI=1S/C23H38N2O3S/c1-2-3-4-5-6-7-8-9-10-11-13-20-15-17-21(18-16-20)25(29(27)28)23(26)22-14-12-19-24-22/h15-18,22,24H,2-14,19H2,1H3,(H,27,28)/t22-/m0/s1. The summed E-state index contributed by atoms with van der Waals surface area (Å²) in [5.74, 6) is -0.328. The zero-order chi connectivity index (χ0) is 20.9. The lowest BCUT2D eigenvalue weighted by Crippen LogP contribution is -2.44. The average Bonchev–Trinajstić information content (AvgIpc) is 3.25. The molecule has 0 radical (unpaired) electrons. The molecule has 1 fully saturated rings. The van der Waals surface area contributed by atoms with Crippen molar-refractivity contribution in [3.05, 3.63) is 29.8 Å². The first-order chi connectivity index (χ1) is 14.1. The van der Waals surface area contributed by atoms with Crippen molar-refractivity contribution in [3.8, 4) is 0 Å². The van der Waals surface area contributed by atoms with E-state index in [1.165, 1.54) is 63.4 Å². The highest BCUT2D eigenvalue weighted by Crippen LogP contribution is 2.21. The van der Waals surface area contributed by atoms with E-state index in [2.05, 4.69) is 12.2 Å². The van der Waals surface area contributed by atoms with Crippen LogP contribution >= 0.6 is 0 Å². The molecular formula is C23H38N2O3S. The highest BCUT2D eigenvalue weighted by molar-refractivity contribution is 7.81. The molecule has 2 atom stereocenters. The van der Waals surface area contributed by atoms with Crippen molar-refractivity contribution in [2.45, 2.75) is 96.4 Å². The largest absolute Gasteiger partial charge is 0.306 e. The maximum absolute atomic E-state index is 12.6. The van der Waals surface area contributed by atoms with Crippen molar-refractivity contribution in [1.82, 2.24) is 5.32 Å². The summed E-state index contributed by atoms with van der Waals surface area (Å²) in [5, 5.41) is 3.10. The third-order valence-corrected chi connectivity index (χ3v) is 6.41. The highest BCUT2D eigenvalue weighted by Gasteiger charge is 2.30. The number of amides is 1. The Bertz CT molecular complexity index is 615. The zero-order valence-electron chi connectivity index (χ0n) is 17.9. The third-order valence-electron chi connectivity index (χ3n) is 5.70. The summed E-state index contributed by atoms with van der Waals surface area (Å²) in [7, 11) is 0. The Labute approximate surface area is 179 Å². The van der Waals surface area contributed by atoms with Gasteiger partial charge in [0.2, 0.25) is 0 Å². The van der Waals surface area contributed by atoms with Crippen LogP contribution < -0.4 is 9.62 Å². The van der Waals surface area contributed by atoms with E-state index in [0.29, 0.717) is 12.1 Å². The number of carbonyl (C=O) groups is 1. The van der Waals surface area contributed by atoms with Crippen LogP contribution in [0.25, 0.3) is 0 Å². The number of rotatable bonds is 14. The predicted molar refractivity (Wildman–Crippen MR) is 121 cm³/mol. The van der Waals surface area contributed by atoms with Gasteiger partial charge in [-0.1, -0.05) is 76.8 Å². The first-order valence-electron chi connectivity index (χ1n) is 11.4. The second-order valence-corrected chi connectivity index (χ2v) is 8.94. The van der Waals surface area contributed by atoms with Crippen LogP contribution in [-0.4, -0.2) is 27.3 Å². The highest BCUT2D eigenvalue weighted by atomic mass is 32.2. The van der Waals surface area contributed by atoms with Crippen molar-refractivity contribution >= 4 is 22.9 Å². The Morgan fingerprint density at radius 1 is 1.03 bits per heavy atom. The lowest BCUT2D eigenvalue weighted by molar-refractivity contribution is -0.119. The first kappa shape index (κ1) is 24.0. The van der Waals surface area contributed by atoms with Crippen LogP contribution in [0.2, 0.25) is 0 Å². The van der Waals surface area contributed by atoms with Crippen LogP contribution in [0, 0.1) is 0 Å². The van der Waals surface area contributed by atoms with Gasteiger partial charge in [-0.05, 0) is 49.9 Å². The number of unbranched alkanes of at least 4 members (excludes halogenated alkanes) is 9. The van der Waals surface area contributed by atoms with Crippen LogP contribution in [0.4, 0.5) is 5.69 Å². The molecule has 1 heterocycles. The van der Waals surface area contributed by atoms with Gasteiger partial charge in [0.05, 0.1) is 11.7 Å². The van der Waals surface area contributed by atoms with E-state index in [0.717, 1.165) is 30.1 Å². The van der Waals surface area contributed by atoms with E-state index >= 15 is 0 Å². The lowest BCUT2D eigenvalue weighted by Gasteiger charge is -2.21. The molecule has 0 saturated carbocycles. The molecule has 1 amide bonds. The SMILES string of the molecule is CCCCCCCCCCCCc1ccc(N(C(=O)[C@@H]2CCCN2)S(=O)O)cc1. The maximum atomic E-state index is 12.6. The smallest absolute Gasteiger partial charge is 0.268 e. The molecule has 1 aromatic carbocycles. The molecule has 164 valence electrons. The fourth-order valence-electron chi connectivity index (χ4n) is 3.95. The molecule has 0 aliphatic carbocycles. The van der Waals surface area contributed by atoms with Gasteiger partial charge in [0.15, 0.2) is 0 Å². The normalized spacial score (nSPS) is 17.4. The molecule has 2 N–H and O–H groups in total. The van der Waals surface area contributed by atoms with E-state index < -0.39 is 11.3 Å². The lowest BCUT2D eigenvalue weighted by atomic mass is 10.0. The number of hydrogen-bond acceptors (Lipinski definition) is 3. The number of nitrogens with one attached hydrogen (secondary N) is 1. The van der Waals surface area contributed by atoms with Crippen LogP contribution in [0.5, 0.6) is 0 Å². The second-order valence-electron chi connectivity index (χ2n) is 8.11. The van der Waals surface area contributed by atoms with E-state index in [-0.39, 0.29) is 11.9 Å². The summed E-state index contributed by atoms with van der Waals surface area (Å²) in [6.45, 7) is 3.03. The minimum Gasteiger partial charge on any atom is -0.306 e. The molecule has 5 nitrogen and oxygen atoms in total. The van der Waals surface area contributed by atoms with Gasteiger partial charge in [0, 0.05) is 0 Å². The second kappa shape index (κ2) is 13.9. The van der Waals surface area contributed by atoms with Crippen molar-refractivity contribution in [2.24, 2.45) is 0 Å². The van der Waals surface area contributed by atoms with Crippen LogP contribution in [-0.2, 0) is 22.5 Å². The molecule has 1 aliphatic rings. The summed E-state index contributed by atoms with van der Waals surface area (Å²) < 4.78 is 22.4. The molecule has 0 bridgehead atoms. The maximum Gasteiger partial charge on any atom is 0.268 e. The predicted octanol–water partition coefficient (Wildman–Crippen LogP) is 5.37. The number of carbonyl (C=O) groups excluding carboxylic acids is 1. The molecule has 0 spiro atoms. The summed E-state index contributed by atoms with van der Waals surface area (Å²) in [5.41, 5.74) is 1.69. The van der Waals surface area contributed by atoms with E-state index in [4.69, 9.17) is 0 Å². The zero-order valence-corrected chi connectivity index (χ0v) is 18.7. The molecule has 0 aromatic heterocycles. The Morgan fingerprint density at radius 2 is 1.62 bits per heavy atom. The van der Waals surface area contributed by atoms with E-state index in [9.17, 15) is 13.6 Å². The minimum atomic E-state index is -2.36. The van der Waals surface area contributed by atoms with E-state index in [1.54, 1.807) is 12.1 Å². The molecule has 6 heteroatoms. The fourth-order valence-corrected chi connectivity index (χ4v) is 4.53. The third kappa shape index (κ3) is 8.57. The Morgan fingerprint density at radius 3 is 2.14 bits per heavy atom. The monoisotopic (exact) mass is 422 g/mol. The van der Waals surface area contributed by atoms with Gasteiger partial charge >= 0.3 is 0 Å². The van der Waals surface area contributed by atoms with Gasteiger partial charge in [0.25, 0.3) is 17.2 Å². The van der Waals surface area contributed by atoms with E-state index in [1.807, 2.05) is 12.1 Å². The molecule has 1 saturated heterocycles. The molecular weight excluding hydrogens is 384 g/mol. The van der Waals surface area contributed by atoms with Gasteiger partial charge in [-0.3, -0.25) is 9.35 Å². The molecule has 1 aromatic rings. The topological polar surface area (TPSA) is 69.6 Å². The number of anilines is 1. The summed E-state index contributed by atoms with van der Waals surface area (Å²) in [4.78, 5) is 12.6. The molecule has 2 rings (SSSR count). The minimum absolute atomic E-state index is 0.328. The quantitative estimate of drug-likeness (QED) is 0.312. The molecule has 1 unspecified atom stereocenters. The van der Waals surface area contributed by atoms with Crippen molar-refractivity contribution in [3.63, 3.8) is 0 Å². The number of aryl methyl sites for hydroxylation is 1. The van der Waals surface area contributed by atoms with Crippen LogP contribution in [0.15, 0.2) is 24.3 Å². The Kier molecular flexibility index (Phi) is 11.5. The Hall–Kier alpha value is -1.24. The summed E-state index contributed by atoms with van der Waals surface area (Å²) >= 11 is -2.36. The number of benzene rings is 1.